The van der Waals surface area contributed by atoms with Gasteiger partial charge in [-0.15, -0.1) is 11.8 Å². The Hall–Kier alpha value is -5.14. The zero-order valence-corrected chi connectivity index (χ0v) is 32.3. The molecule has 1 aromatic heterocycles. The molecule has 15 heteroatoms. The van der Waals surface area contributed by atoms with Crippen molar-refractivity contribution in [3.05, 3.63) is 68.9 Å². The molecule has 2 saturated heterocycles. The average molecular weight is 780 g/mol. The Morgan fingerprint density at radius 1 is 1.11 bits per heavy atom. The highest BCUT2D eigenvalue weighted by molar-refractivity contribution is 7.99. The first-order chi connectivity index (χ1) is 27.0. The molecule has 2 fully saturated rings. The van der Waals surface area contributed by atoms with Crippen LogP contribution in [0.15, 0.2) is 24.3 Å². The maximum atomic E-state index is 14.8. The smallest absolute Gasteiger partial charge is 0.333 e. The zero-order chi connectivity index (χ0) is 38.9. The highest BCUT2D eigenvalue weighted by atomic mass is 32.2. The van der Waals surface area contributed by atoms with Crippen LogP contribution in [-0.4, -0.2) is 94.9 Å². The van der Waals surface area contributed by atoms with Crippen molar-refractivity contribution in [3.63, 3.8) is 0 Å². The van der Waals surface area contributed by atoms with Gasteiger partial charge in [0, 0.05) is 64.5 Å². The third kappa shape index (κ3) is 4.61. The number of aryl methyl sites for hydroxylation is 1. The van der Waals surface area contributed by atoms with Crippen LogP contribution in [0, 0.1) is 25.2 Å². The molecule has 7 atom stereocenters. The number of likely N-dealkylation sites (N-methyl/N-ethyl adjacent to an activating group) is 1. The topological polar surface area (TPSA) is 179 Å². The number of piperazine rings is 1. The normalized spacial score (nSPS) is 28.8. The van der Waals surface area contributed by atoms with E-state index < -0.39 is 46.9 Å². The Morgan fingerprint density at radius 3 is 2.68 bits per heavy atom. The van der Waals surface area contributed by atoms with Gasteiger partial charge in [0.2, 0.25) is 6.79 Å². The number of H-pyrrole nitrogens is 1. The van der Waals surface area contributed by atoms with Gasteiger partial charge < -0.3 is 38.9 Å². The zero-order valence-electron chi connectivity index (χ0n) is 31.5. The number of aromatic amines is 1. The molecular weight excluding hydrogens is 739 g/mol. The highest BCUT2D eigenvalue weighted by Crippen LogP contribution is 2.64. The summed E-state index contributed by atoms with van der Waals surface area (Å²) in [7, 11) is 3.54. The molecule has 3 aromatic carbocycles. The van der Waals surface area contributed by atoms with E-state index in [1.54, 1.807) is 19.2 Å². The van der Waals surface area contributed by atoms with E-state index in [-0.39, 0.29) is 36.7 Å². The molecule has 0 amide bonds. The lowest BCUT2D eigenvalue weighted by molar-refractivity contribution is -0.157. The quantitative estimate of drug-likeness (QED) is 0.166. The van der Waals surface area contributed by atoms with Crippen molar-refractivity contribution in [1.29, 1.82) is 5.26 Å². The summed E-state index contributed by atoms with van der Waals surface area (Å²) in [4.78, 5) is 35.7. The third-order valence-electron chi connectivity index (χ3n) is 12.9. The summed E-state index contributed by atoms with van der Waals surface area (Å²) in [6.45, 7) is 5.37. The number of phenols is 2. The number of nitriles is 1. The number of aromatic nitrogens is 1. The van der Waals surface area contributed by atoms with Crippen LogP contribution >= 0.6 is 11.8 Å². The van der Waals surface area contributed by atoms with Gasteiger partial charge in [-0.1, -0.05) is 6.07 Å². The fourth-order valence-electron chi connectivity index (χ4n) is 10.6. The van der Waals surface area contributed by atoms with Gasteiger partial charge in [0.1, 0.15) is 24.1 Å². The number of carbonyl (C=O) groups is 2. The first-order valence-corrected chi connectivity index (χ1v) is 19.8. The number of methoxy groups -OCH3 is 1. The van der Waals surface area contributed by atoms with Gasteiger partial charge in [-0.05, 0) is 68.6 Å². The third-order valence-corrected chi connectivity index (χ3v) is 14.3. The second kappa shape index (κ2) is 12.4. The number of fused-ring (bicyclic) bond motifs is 11. The van der Waals surface area contributed by atoms with E-state index in [1.807, 2.05) is 27.0 Å². The van der Waals surface area contributed by atoms with E-state index in [2.05, 4.69) is 32.2 Å². The molecule has 0 saturated carbocycles. The van der Waals surface area contributed by atoms with E-state index >= 15 is 0 Å². The van der Waals surface area contributed by atoms with Crippen molar-refractivity contribution in [1.82, 2.24) is 20.1 Å². The maximum Gasteiger partial charge on any atom is 0.333 e. The summed E-state index contributed by atoms with van der Waals surface area (Å²) >= 11 is 1.51. The van der Waals surface area contributed by atoms with Gasteiger partial charge in [0.05, 0.1) is 36.2 Å². The molecule has 11 rings (SSSR count). The number of carbonyl (C=O) groups excluding carboxylic acids is 2. The second-order valence-electron chi connectivity index (χ2n) is 15.6. The molecule has 290 valence electrons. The number of hydrogen-bond donors (Lipinski definition) is 4. The summed E-state index contributed by atoms with van der Waals surface area (Å²) in [5.41, 5.74) is 5.48. The van der Waals surface area contributed by atoms with Crippen molar-refractivity contribution >= 4 is 34.6 Å². The largest absolute Gasteiger partial charge is 0.508 e. The average Bonchev–Trinajstić information content (AvgIpc) is 3.81. The monoisotopic (exact) mass is 779 g/mol. The molecule has 1 spiro atoms. The number of ether oxygens (including phenoxy) is 5. The Morgan fingerprint density at radius 2 is 1.91 bits per heavy atom. The van der Waals surface area contributed by atoms with Gasteiger partial charge in [0.25, 0.3) is 0 Å². The molecule has 0 radical (unpaired) electrons. The van der Waals surface area contributed by atoms with E-state index in [0.717, 1.165) is 27.6 Å². The lowest BCUT2D eigenvalue weighted by Gasteiger charge is -2.62. The molecule has 8 heterocycles. The number of hydrogen-bond acceptors (Lipinski definition) is 14. The molecule has 0 aliphatic carbocycles. The minimum atomic E-state index is -1.33. The van der Waals surface area contributed by atoms with Crippen LogP contribution in [-0.2, 0) is 32.7 Å². The van der Waals surface area contributed by atoms with Crippen LogP contribution < -0.4 is 24.3 Å². The van der Waals surface area contributed by atoms with E-state index in [4.69, 9.17) is 23.7 Å². The van der Waals surface area contributed by atoms with Gasteiger partial charge in [-0.2, -0.15) is 5.26 Å². The summed E-state index contributed by atoms with van der Waals surface area (Å²) in [6.07, 6.45) is 1.12. The van der Waals surface area contributed by atoms with Crippen molar-refractivity contribution in [2.24, 2.45) is 0 Å². The van der Waals surface area contributed by atoms with Crippen LogP contribution in [0.25, 0.3) is 10.9 Å². The second-order valence-corrected chi connectivity index (χ2v) is 16.7. The van der Waals surface area contributed by atoms with E-state index in [0.29, 0.717) is 70.3 Å². The number of benzene rings is 3. The highest BCUT2D eigenvalue weighted by Gasteiger charge is 2.62. The molecule has 7 aliphatic rings. The van der Waals surface area contributed by atoms with Gasteiger partial charge in [-0.25, -0.2) is 4.79 Å². The Kier molecular flexibility index (Phi) is 7.83. The van der Waals surface area contributed by atoms with Crippen molar-refractivity contribution in [2.75, 3.05) is 39.9 Å². The first kappa shape index (κ1) is 35.3. The first-order valence-electron chi connectivity index (χ1n) is 18.8. The molecule has 1 unspecified atom stereocenters. The molecule has 4 N–H and O–H groups in total. The standard InChI is InChI=1S/C41H41N5O9S/c1-17-10-20-11-25-26(13-42)46-27-14-52-40(50)41(39-22(8-9-43-41)23-12-21(48)6-7-24(23)44-39)15-56-38(32(46)31(45(25)4)28(20)33(49)34(17)51-5)30-29(27)37-36(53-16-54-37)18(2)35(30)55-19(3)47/h6-7,10,12,25-27,31-32,38,43-44,48-49H,8-9,11,14-16H2,1-5H3/t25-,26+,27-,31-,32?,38-,41-/m1/s1. The minimum Gasteiger partial charge on any atom is -0.508 e. The minimum absolute atomic E-state index is 0.0521. The van der Waals surface area contributed by atoms with Gasteiger partial charge >= 0.3 is 11.9 Å². The molecule has 4 bridgehead atoms. The number of nitrogens with one attached hydrogen (secondary N) is 2. The van der Waals surface area contributed by atoms with Gasteiger partial charge in [0.15, 0.2) is 28.5 Å². The Balaban J connectivity index is 1.25. The number of rotatable bonds is 2. The SMILES string of the molecule is COc1c(C)cc2c(c1O)[C@@H]1C3[C@@H]4SC[C@]5(NCCc6c5[nH]c5ccc(O)cc65)C(=O)OC[C@H](c5c6c(c(C)c(OC(C)=O)c54)OCO6)N3[C@@H](C#N)[C@@H](C2)N1C. The van der Waals surface area contributed by atoms with Gasteiger partial charge in [-0.3, -0.25) is 19.9 Å². The molecule has 7 aliphatic heterocycles. The van der Waals surface area contributed by atoms with Crippen LogP contribution in [0.1, 0.15) is 68.9 Å². The summed E-state index contributed by atoms with van der Waals surface area (Å²) < 4.78 is 30.7. The van der Waals surface area contributed by atoms with Crippen LogP contribution in [0.2, 0.25) is 0 Å². The van der Waals surface area contributed by atoms with E-state index in [9.17, 15) is 25.1 Å². The van der Waals surface area contributed by atoms with Crippen LogP contribution in [0.3, 0.4) is 0 Å². The van der Waals surface area contributed by atoms with Crippen LogP contribution in [0.5, 0.6) is 34.5 Å². The summed E-state index contributed by atoms with van der Waals surface area (Å²) in [5, 5.41) is 37.5. The van der Waals surface area contributed by atoms with Crippen molar-refractivity contribution in [3.8, 4) is 40.6 Å². The predicted octanol–water partition coefficient (Wildman–Crippen LogP) is 4.46. The van der Waals surface area contributed by atoms with Crippen LogP contribution in [0.4, 0.5) is 0 Å². The maximum absolute atomic E-state index is 14.8. The molecular formula is C41H41N5O9S. The van der Waals surface area contributed by atoms with Crippen molar-refractivity contribution < 1.29 is 43.5 Å². The summed E-state index contributed by atoms with van der Waals surface area (Å²) in [6, 6.07) is 7.15. The van der Waals surface area contributed by atoms with Crippen molar-refractivity contribution in [2.45, 2.75) is 74.6 Å². The lowest BCUT2D eigenvalue weighted by Crippen LogP contribution is -2.69. The lowest BCUT2D eigenvalue weighted by atomic mass is 9.71. The fraction of sp³-hybridized carbons (Fsp3) is 0.439. The summed E-state index contributed by atoms with van der Waals surface area (Å²) in [5.74, 6) is 1.03. The molecule has 56 heavy (non-hydrogen) atoms. The molecule has 14 nitrogen and oxygen atoms in total. The Bertz CT molecular complexity index is 2440. The fourth-order valence-corrected chi connectivity index (χ4v) is 12.3. The predicted molar refractivity (Wildman–Crippen MR) is 203 cm³/mol. The number of phenolic OH excluding ortho intramolecular Hbond substituents is 2. The molecule has 4 aromatic rings. The number of thioether (sulfide) groups is 1. The van der Waals surface area contributed by atoms with E-state index in [1.165, 1.54) is 18.7 Å². The number of aromatic hydroxyl groups is 2. The Labute approximate surface area is 326 Å². The number of nitrogens with zero attached hydrogens (tertiary/aromatic N) is 3. The number of esters is 2.